The number of ether oxygens (including phenoxy) is 2. The van der Waals surface area contributed by atoms with Gasteiger partial charge in [-0.1, -0.05) is 24.6 Å². The summed E-state index contributed by atoms with van der Waals surface area (Å²) in [6.07, 6.45) is 4.00. The molecule has 0 radical (unpaired) electrons. The second kappa shape index (κ2) is 10.7. The highest BCUT2D eigenvalue weighted by Gasteiger charge is 2.14. The van der Waals surface area contributed by atoms with Crippen LogP contribution in [-0.2, 0) is 0 Å². The highest BCUT2D eigenvalue weighted by Crippen LogP contribution is 2.41. The van der Waals surface area contributed by atoms with E-state index in [9.17, 15) is 5.11 Å². The first-order valence-electron chi connectivity index (χ1n) is 12.3. The van der Waals surface area contributed by atoms with Crippen LogP contribution in [0.1, 0.15) is 19.3 Å². The van der Waals surface area contributed by atoms with Gasteiger partial charge in [-0.15, -0.1) is 0 Å². The molecule has 1 fully saturated rings. The lowest BCUT2D eigenvalue weighted by atomic mass is 9.99. The van der Waals surface area contributed by atoms with Crippen molar-refractivity contribution in [3.8, 4) is 34.1 Å². The molecule has 2 N–H and O–H groups in total. The standard InChI is InChI=1S/C30H32N2O3/c1-34-26-11-5-22(6-12-26)28-15-7-23-21-25(33)10-16-29(23)30(28)35-27-13-8-24(9-14-27)31-17-20-32-18-3-2-4-19-32/h5-16,21,31,33H,2-4,17-20H2,1H3. The van der Waals surface area contributed by atoms with Crippen molar-refractivity contribution < 1.29 is 14.6 Å². The van der Waals surface area contributed by atoms with E-state index in [1.165, 1.54) is 32.4 Å². The number of benzene rings is 4. The smallest absolute Gasteiger partial charge is 0.143 e. The predicted octanol–water partition coefficient (Wildman–Crippen LogP) is 6.91. The molecule has 0 atom stereocenters. The van der Waals surface area contributed by atoms with Crippen molar-refractivity contribution in [1.82, 2.24) is 4.90 Å². The van der Waals surface area contributed by atoms with Gasteiger partial charge in [0.25, 0.3) is 0 Å². The third-order valence-electron chi connectivity index (χ3n) is 6.64. The van der Waals surface area contributed by atoms with Gasteiger partial charge in [0.05, 0.1) is 7.11 Å². The normalized spacial score (nSPS) is 14.1. The zero-order valence-electron chi connectivity index (χ0n) is 20.2. The van der Waals surface area contributed by atoms with Gasteiger partial charge in [0.15, 0.2) is 0 Å². The van der Waals surface area contributed by atoms with Gasteiger partial charge in [-0.2, -0.15) is 0 Å². The van der Waals surface area contributed by atoms with Gasteiger partial charge in [-0.25, -0.2) is 0 Å². The number of phenols is 1. The maximum atomic E-state index is 9.97. The number of anilines is 1. The second-order valence-corrected chi connectivity index (χ2v) is 9.03. The van der Waals surface area contributed by atoms with Crippen LogP contribution >= 0.6 is 0 Å². The van der Waals surface area contributed by atoms with Gasteiger partial charge < -0.3 is 24.8 Å². The predicted molar refractivity (Wildman–Crippen MR) is 143 cm³/mol. The largest absolute Gasteiger partial charge is 0.508 e. The van der Waals surface area contributed by atoms with E-state index in [1.54, 1.807) is 19.2 Å². The molecule has 35 heavy (non-hydrogen) atoms. The molecule has 0 aliphatic carbocycles. The summed E-state index contributed by atoms with van der Waals surface area (Å²) in [6, 6.07) is 25.5. The fraction of sp³-hybridized carbons (Fsp3) is 0.267. The number of fused-ring (bicyclic) bond motifs is 1. The Morgan fingerprint density at radius 3 is 2.31 bits per heavy atom. The van der Waals surface area contributed by atoms with E-state index in [1.807, 2.05) is 54.6 Å². The summed E-state index contributed by atoms with van der Waals surface area (Å²) in [5.74, 6) is 2.58. The summed E-state index contributed by atoms with van der Waals surface area (Å²) in [5, 5.41) is 15.4. The van der Waals surface area contributed by atoms with Gasteiger partial charge in [0.1, 0.15) is 23.0 Å². The van der Waals surface area contributed by atoms with E-state index < -0.39 is 0 Å². The number of hydrogen-bond acceptors (Lipinski definition) is 5. The zero-order chi connectivity index (χ0) is 24.0. The number of rotatable bonds is 8. The molecule has 5 nitrogen and oxygen atoms in total. The molecule has 0 spiro atoms. The number of phenolic OH excluding ortho intramolecular Hbond substituents is 1. The minimum atomic E-state index is 0.237. The summed E-state index contributed by atoms with van der Waals surface area (Å²) in [7, 11) is 1.66. The summed E-state index contributed by atoms with van der Waals surface area (Å²) < 4.78 is 11.8. The van der Waals surface area contributed by atoms with E-state index >= 15 is 0 Å². The third-order valence-corrected chi connectivity index (χ3v) is 6.64. The van der Waals surface area contributed by atoms with Gasteiger partial charge in [0.2, 0.25) is 0 Å². The van der Waals surface area contributed by atoms with Crippen LogP contribution < -0.4 is 14.8 Å². The van der Waals surface area contributed by atoms with Crippen molar-refractivity contribution in [1.29, 1.82) is 0 Å². The SMILES string of the molecule is COc1ccc(-c2ccc3cc(O)ccc3c2Oc2ccc(NCCN3CCCCC3)cc2)cc1. The van der Waals surface area contributed by atoms with Gasteiger partial charge >= 0.3 is 0 Å². The molecule has 0 saturated carbocycles. The van der Waals surface area contributed by atoms with Gasteiger partial charge in [-0.3, -0.25) is 0 Å². The molecule has 5 rings (SSSR count). The second-order valence-electron chi connectivity index (χ2n) is 9.03. The monoisotopic (exact) mass is 468 g/mol. The molecule has 0 unspecified atom stereocenters. The Kier molecular flexibility index (Phi) is 7.05. The molecular formula is C30H32N2O3. The Morgan fingerprint density at radius 2 is 1.57 bits per heavy atom. The molecule has 1 aliphatic heterocycles. The quantitative estimate of drug-likeness (QED) is 0.294. The first-order valence-corrected chi connectivity index (χ1v) is 12.3. The number of aromatic hydroxyl groups is 1. The van der Waals surface area contributed by atoms with Gasteiger partial charge in [0, 0.05) is 29.7 Å². The lowest BCUT2D eigenvalue weighted by Crippen LogP contribution is -2.33. The van der Waals surface area contributed by atoms with Crippen LogP contribution in [0.25, 0.3) is 21.9 Å². The highest BCUT2D eigenvalue weighted by molar-refractivity contribution is 5.96. The lowest BCUT2D eigenvalue weighted by Gasteiger charge is -2.26. The average molecular weight is 469 g/mol. The summed E-state index contributed by atoms with van der Waals surface area (Å²) in [4.78, 5) is 2.53. The van der Waals surface area contributed by atoms with E-state index in [4.69, 9.17) is 9.47 Å². The number of nitrogens with one attached hydrogen (secondary N) is 1. The topological polar surface area (TPSA) is 54.0 Å². The molecule has 0 amide bonds. The van der Waals surface area contributed by atoms with Crippen molar-refractivity contribution in [2.24, 2.45) is 0 Å². The van der Waals surface area contributed by atoms with Crippen LogP contribution in [0, 0.1) is 0 Å². The van der Waals surface area contributed by atoms with Crippen molar-refractivity contribution in [2.45, 2.75) is 19.3 Å². The van der Waals surface area contributed by atoms with Crippen LogP contribution in [-0.4, -0.2) is 43.3 Å². The Bertz CT molecular complexity index is 1260. The molecule has 4 aromatic rings. The summed E-state index contributed by atoms with van der Waals surface area (Å²) >= 11 is 0. The number of nitrogens with zero attached hydrogens (tertiary/aromatic N) is 1. The van der Waals surface area contributed by atoms with E-state index in [-0.39, 0.29) is 5.75 Å². The number of likely N-dealkylation sites (tertiary alicyclic amines) is 1. The minimum Gasteiger partial charge on any atom is -0.508 e. The van der Waals surface area contributed by atoms with Crippen LogP contribution in [0.3, 0.4) is 0 Å². The number of methoxy groups -OCH3 is 1. The average Bonchev–Trinajstić information content (AvgIpc) is 2.90. The lowest BCUT2D eigenvalue weighted by molar-refractivity contribution is 0.237. The molecule has 1 heterocycles. The van der Waals surface area contributed by atoms with E-state index in [0.29, 0.717) is 0 Å². The summed E-state index contributed by atoms with van der Waals surface area (Å²) in [6.45, 7) is 4.45. The van der Waals surface area contributed by atoms with Crippen LogP contribution in [0.4, 0.5) is 5.69 Å². The molecule has 1 saturated heterocycles. The molecule has 0 aromatic heterocycles. The van der Waals surface area contributed by atoms with Crippen molar-refractivity contribution in [3.05, 3.63) is 78.9 Å². The van der Waals surface area contributed by atoms with Crippen LogP contribution in [0.2, 0.25) is 0 Å². The number of piperidine rings is 1. The maximum Gasteiger partial charge on any atom is 0.143 e. The van der Waals surface area contributed by atoms with Crippen LogP contribution in [0.15, 0.2) is 78.9 Å². The Morgan fingerprint density at radius 1 is 0.829 bits per heavy atom. The highest BCUT2D eigenvalue weighted by atomic mass is 16.5. The Balaban J connectivity index is 1.37. The molecule has 0 bridgehead atoms. The van der Waals surface area contributed by atoms with Crippen molar-refractivity contribution in [3.63, 3.8) is 0 Å². The first kappa shape index (κ1) is 23.1. The first-order chi connectivity index (χ1) is 17.2. The van der Waals surface area contributed by atoms with Crippen molar-refractivity contribution in [2.75, 3.05) is 38.6 Å². The van der Waals surface area contributed by atoms with Gasteiger partial charge in [-0.05, 0) is 97.5 Å². The van der Waals surface area contributed by atoms with Crippen molar-refractivity contribution >= 4 is 16.5 Å². The molecular weight excluding hydrogens is 436 g/mol. The Hall–Kier alpha value is -3.70. The molecule has 1 aliphatic rings. The minimum absolute atomic E-state index is 0.237. The molecule has 5 heteroatoms. The van der Waals surface area contributed by atoms with E-state index in [0.717, 1.165) is 57.9 Å². The fourth-order valence-corrected chi connectivity index (χ4v) is 4.70. The third kappa shape index (κ3) is 5.52. The van der Waals surface area contributed by atoms with Crippen LogP contribution in [0.5, 0.6) is 23.0 Å². The van der Waals surface area contributed by atoms with E-state index in [2.05, 4.69) is 22.3 Å². The molecule has 180 valence electrons. The Labute approximate surface area is 206 Å². The maximum absolute atomic E-state index is 9.97. The summed E-state index contributed by atoms with van der Waals surface area (Å²) in [5.41, 5.74) is 3.11. The molecule has 4 aromatic carbocycles. The number of hydrogen-bond donors (Lipinski definition) is 2. The zero-order valence-corrected chi connectivity index (χ0v) is 20.2. The fourth-order valence-electron chi connectivity index (χ4n) is 4.70.